The summed E-state index contributed by atoms with van der Waals surface area (Å²) < 4.78 is 10.3. The molecule has 0 aliphatic rings. The standard InChI is InChI=1S/C15H17NO3.ClH/c1-3-19-12-9-8-10-6-4-5-7-11(10)13(12)14(16)15(17)18-2;/h4-9,14H,3,16H2,1-2H3;1H/t14-;/m0./s1. The van der Waals surface area contributed by atoms with Crippen LogP contribution in [-0.2, 0) is 9.53 Å². The smallest absolute Gasteiger partial charge is 0.327 e. The van der Waals surface area contributed by atoms with Crippen LogP contribution in [0, 0.1) is 0 Å². The van der Waals surface area contributed by atoms with E-state index >= 15 is 0 Å². The largest absolute Gasteiger partial charge is 0.493 e. The first-order valence-electron chi connectivity index (χ1n) is 6.17. The topological polar surface area (TPSA) is 61.5 Å². The third-order valence-corrected chi connectivity index (χ3v) is 3.00. The fraction of sp³-hybridized carbons (Fsp3) is 0.267. The van der Waals surface area contributed by atoms with Crippen molar-refractivity contribution in [3.05, 3.63) is 42.0 Å². The lowest BCUT2D eigenvalue weighted by Gasteiger charge is -2.17. The van der Waals surface area contributed by atoms with Gasteiger partial charge in [-0.05, 0) is 23.8 Å². The summed E-state index contributed by atoms with van der Waals surface area (Å²) in [5.74, 6) is 0.149. The van der Waals surface area contributed by atoms with Gasteiger partial charge in [0.05, 0.1) is 13.7 Å². The molecule has 0 fully saturated rings. The van der Waals surface area contributed by atoms with E-state index in [0.29, 0.717) is 17.9 Å². The molecule has 2 aromatic carbocycles. The van der Waals surface area contributed by atoms with Crippen molar-refractivity contribution in [1.82, 2.24) is 0 Å². The Morgan fingerprint density at radius 3 is 2.60 bits per heavy atom. The maximum Gasteiger partial charge on any atom is 0.327 e. The van der Waals surface area contributed by atoms with Crippen molar-refractivity contribution < 1.29 is 14.3 Å². The SMILES string of the molecule is CCOc1ccc2ccccc2c1[C@H](N)C(=O)OC.Cl. The summed E-state index contributed by atoms with van der Waals surface area (Å²) in [5.41, 5.74) is 6.66. The molecule has 0 aliphatic heterocycles. The molecular weight excluding hydrogens is 278 g/mol. The average molecular weight is 296 g/mol. The molecule has 2 N–H and O–H groups in total. The molecule has 0 bridgehead atoms. The summed E-state index contributed by atoms with van der Waals surface area (Å²) in [6, 6.07) is 10.7. The first kappa shape index (κ1) is 16.3. The molecular formula is C15H18ClNO3. The van der Waals surface area contributed by atoms with Gasteiger partial charge in [0.15, 0.2) is 0 Å². The van der Waals surface area contributed by atoms with E-state index in [1.54, 1.807) is 0 Å². The number of hydrogen-bond donors (Lipinski definition) is 1. The van der Waals surface area contributed by atoms with Crippen LogP contribution in [0.15, 0.2) is 36.4 Å². The molecule has 0 heterocycles. The summed E-state index contributed by atoms with van der Waals surface area (Å²) in [4.78, 5) is 11.7. The first-order valence-corrected chi connectivity index (χ1v) is 6.17. The van der Waals surface area contributed by atoms with Crippen molar-refractivity contribution in [2.45, 2.75) is 13.0 Å². The number of ether oxygens (including phenoxy) is 2. The van der Waals surface area contributed by atoms with Crippen LogP contribution in [-0.4, -0.2) is 19.7 Å². The highest BCUT2D eigenvalue weighted by Crippen LogP contribution is 2.32. The van der Waals surface area contributed by atoms with E-state index in [1.807, 2.05) is 43.3 Å². The molecule has 2 rings (SSSR count). The van der Waals surface area contributed by atoms with Gasteiger partial charge >= 0.3 is 5.97 Å². The highest BCUT2D eigenvalue weighted by Gasteiger charge is 2.23. The lowest BCUT2D eigenvalue weighted by molar-refractivity contribution is -0.142. The predicted octanol–water partition coefficient (Wildman–Crippen LogP) is 2.83. The van der Waals surface area contributed by atoms with Crippen LogP contribution >= 0.6 is 12.4 Å². The Morgan fingerprint density at radius 2 is 1.95 bits per heavy atom. The molecule has 1 atom stereocenters. The summed E-state index contributed by atoms with van der Waals surface area (Å²) >= 11 is 0. The van der Waals surface area contributed by atoms with Crippen LogP contribution in [0.5, 0.6) is 5.75 Å². The maximum atomic E-state index is 11.7. The third kappa shape index (κ3) is 3.03. The molecule has 2 aromatic rings. The zero-order valence-electron chi connectivity index (χ0n) is 11.5. The van der Waals surface area contributed by atoms with Crippen LogP contribution in [0.4, 0.5) is 0 Å². The second-order valence-electron chi connectivity index (χ2n) is 4.13. The van der Waals surface area contributed by atoms with Crippen LogP contribution in [0.2, 0.25) is 0 Å². The molecule has 0 aromatic heterocycles. The van der Waals surface area contributed by atoms with E-state index in [1.165, 1.54) is 7.11 Å². The summed E-state index contributed by atoms with van der Waals surface area (Å²) in [5, 5.41) is 1.92. The van der Waals surface area contributed by atoms with Gasteiger partial charge in [0, 0.05) is 5.56 Å². The van der Waals surface area contributed by atoms with Crippen molar-refractivity contribution in [3.8, 4) is 5.75 Å². The molecule has 108 valence electrons. The number of halogens is 1. The fourth-order valence-electron chi connectivity index (χ4n) is 2.12. The number of esters is 1. The van der Waals surface area contributed by atoms with E-state index < -0.39 is 12.0 Å². The number of nitrogens with two attached hydrogens (primary N) is 1. The van der Waals surface area contributed by atoms with Gasteiger partial charge in [-0.1, -0.05) is 30.3 Å². The number of carbonyl (C=O) groups excluding carboxylic acids is 1. The number of hydrogen-bond acceptors (Lipinski definition) is 4. The molecule has 0 saturated heterocycles. The number of methoxy groups -OCH3 is 1. The Hall–Kier alpha value is -1.78. The second-order valence-corrected chi connectivity index (χ2v) is 4.13. The Kier molecular flexibility index (Phi) is 5.80. The van der Waals surface area contributed by atoms with Crippen LogP contribution in [0.25, 0.3) is 10.8 Å². The highest BCUT2D eigenvalue weighted by molar-refractivity contribution is 5.93. The minimum atomic E-state index is -0.849. The minimum absolute atomic E-state index is 0. The summed E-state index contributed by atoms with van der Waals surface area (Å²) in [6.45, 7) is 2.40. The monoisotopic (exact) mass is 295 g/mol. The number of rotatable bonds is 4. The molecule has 20 heavy (non-hydrogen) atoms. The summed E-state index contributed by atoms with van der Waals surface area (Å²) in [7, 11) is 1.33. The Morgan fingerprint density at radius 1 is 1.25 bits per heavy atom. The van der Waals surface area contributed by atoms with E-state index in [-0.39, 0.29) is 12.4 Å². The molecule has 0 amide bonds. The molecule has 0 unspecified atom stereocenters. The number of carbonyl (C=O) groups is 1. The fourth-order valence-corrected chi connectivity index (χ4v) is 2.12. The van der Waals surface area contributed by atoms with Gasteiger partial charge < -0.3 is 15.2 Å². The zero-order valence-corrected chi connectivity index (χ0v) is 12.3. The van der Waals surface area contributed by atoms with Crippen LogP contribution in [0.1, 0.15) is 18.5 Å². The van der Waals surface area contributed by atoms with E-state index in [4.69, 9.17) is 15.2 Å². The zero-order chi connectivity index (χ0) is 13.8. The van der Waals surface area contributed by atoms with Crippen molar-refractivity contribution in [1.29, 1.82) is 0 Å². The molecule has 5 heteroatoms. The molecule has 4 nitrogen and oxygen atoms in total. The van der Waals surface area contributed by atoms with Crippen LogP contribution in [0.3, 0.4) is 0 Å². The normalized spacial score (nSPS) is 11.6. The van der Waals surface area contributed by atoms with Crippen LogP contribution < -0.4 is 10.5 Å². The Bertz CT molecular complexity index is 601. The Labute approximate surface area is 124 Å². The quantitative estimate of drug-likeness (QED) is 0.881. The summed E-state index contributed by atoms with van der Waals surface area (Å²) in [6.07, 6.45) is 0. The molecule has 0 saturated carbocycles. The number of benzene rings is 2. The van der Waals surface area contributed by atoms with Crippen molar-refractivity contribution in [2.24, 2.45) is 5.73 Å². The van der Waals surface area contributed by atoms with E-state index in [2.05, 4.69) is 0 Å². The Balaban J connectivity index is 0.00000200. The molecule has 0 aliphatic carbocycles. The van der Waals surface area contributed by atoms with Crippen molar-refractivity contribution in [2.75, 3.05) is 13.7 Å². The highest BCUT2D eigenvalue weighted by atomic mass is 35.5. The van der Waals surface area contributed by atoms with Crippen molar-refractivity contribution in [3.63, 3.8) is 0 Å². The molecule has 0 radical (unpaired) electrons. The lowest BCUT2D eigenvalue weighted by Crippen LogP contribution is -2.23. The average Bonchev–Trinajstić information content (AvgIpc) is 2.45. The van der Waals surface area contributed by atoms with E-state index in [0.717, 1.165) is 10.8 Å². The van der Waals surface area contributed by atoms with Gasteiger partial charge in [0.25, 0.3) is 0 Å². The van der Waals surface area contributed by atoms with Gasteiger partial charge in [0.1, 0.15) is 11.8 Å². The van der Waals surface area contributed by atoms with Gasteiger partial charge in [-0.2, -0.15) is 0 Å². The van der Waals surface area contributed by atoms with Gasteiger partial charge in [-0.3, -0.25) is 4.79 Å². The maximum absolute atomic E-state index is 11.7. The third-order valence-electron chi connectivity index (χ3n) is 3.00. The first-order chi connectivity index (χ1) is 9.19. The van der Waals surface area contributed by atoms with Crippen molar-refractivity contribution >= 4 is 29.1 Å². The minimum Gasteiger partial charge on any atom is -0.493 e. The van der Waals surface area contributed by atoms with Gasteiger partial charge in [-0.25, -0.2) is 0 Å². The lowest BCUT2D eigenvalue weighted by atomic mass is 9.98. The number of fused-ring (bicyclic) bond motifs is 1. The van der Waals surface area contributed by atoms with Gasteiger partial charge in [0.2, 0.25) is 0 Å². The predicted molar refractivity (Wildman–Crippen MR) is 81.3 cm³/mol. The van der Waals surface area contributed by atoms with E-state index in [9.17, 15) is 4.79 Å². The van der Waals surface area contributed by atoms with Gasteiger partial charge in [-0.15, -0.1) is 12.4 Å². The molecule has 0 spiro atoms. The second kappa shape index (κ2) is 7.12.